The van der Waals surface area contributed by atoms with Crippen LogP contribution < -0.4 is 5.32 Å². The molecule has 1 aliphatic rings. The minimum Gasteiger partial charge on any atom is -0.316 e. The molecule has 1 unspecified atom stereocenters. The van der Waals surface area contributed by atoms with E-state index in [0.29, 0.717) is 6.04 Å². The second kappa shape index (κ2) is 4.27. The third-order valence-electron chi connectivity index (χ3n) is 2.37. The summed E-state index contributed by atoms with van der Waals surface area (Å²) in [6, 6.07) is 0.615. The number of nitrogens with one attached hydrogen (secondary N) is 1. The first-order valence-electron chi connectivity index (χ1n) is 4.46. The van der Waals surface area contributed by atoms with Gasteiger partial charge in [-0.2, -0.15) is 0 Å². The number of allylic oxidation sites excluding steroid dienone is 3. The van der Waals surface area contributed by atoms with Gasteiger partial charge in [-0.15, -0.1) is 0 Å². The lowest BCUT2D eigenvalue weighted by molar-refractivity contribution is 0.592. The van der Waals surface area contributed by atoms with Gasteiger partial charge in [-0.05, 0) is 38.0 Å². The Labute approximate surface area is 74.9 Å². The Morgan fingerprint density at radius 2 is 2.08 bits per heavy atom. The van der Waals surface area contributed by atoms with Crippen LogP contribution in [0.3, 0.4) is 0 Å². The van der Waals surface area contributed by atoms with Crippen molar-refractivity contribution >= 4 is 0 Å². The van der Waals surface area contributed by atoms with E-state index in [4.69, 9.17) is 0 Å². The lowest BCUT2D eigenvalue weighted by Crippen LogP contribution is -2.21. The molecule has 1 aliphatic carbocycles. The zero-order chi connectivity index (χ0) is 8.97. The van der Waals surface area contributed by atoms with E-state index in [1.54, 1.807) is 0 Å². The summed E-state index contributed by atoms with van der Waals surface area (Å²) >= 11 is 0. The Morgan fingerprint density at radius 3 is 2.58 bits per heavy atom. The van der Waals surface area contributed by atoms with Crippen LogP contribution in [-0.4, -0.2) is 13.1 Å². The molecular weight excluding hydrogens is 146 g/mol. The lowest BCUT2D eigenvalue weighted by atomic mass is 10.1. The van der Waals surface area contributed by atoms with E-state index < -0.39 is 0 Å². The van der Waals surface area contributed by atoms with Gasteiger partial charge in [0.15, 0.2) is 0 Å². The summed E-state index contributed by atoms with van der Waals surface area (Å²) in [5.74, 6) is 0. The minimum absolute atomic E-state index is 0.615. The zero-order valence-electron chi connectivity index (χ0n) is 7.93. The molecular formula is C11H17N. The van der Waals surface area contributed by atoms with Crippen LogP contribution in [0.15, 0.2) is 36.0 Å². The Balaban J connectivity index is 2.72. The van der Waals surface area contributed by atoms with E-state index in [2.05, 4.69) is 31.0 Å². The van der Waals surface area contributed by atoms with Crippen molar-refractivity contribution in [2.75, 3.05) is 7.05 Å². The number of hydrogen-bond acceptors (Lipinski definition) is 1. The Kier molecular flexibility index (Phi) is 3.30. The maximum atomic E-state index is 3.82. The molecule has 12 heavy (non-hydrogen) atoms. The summed E-state index contributed by atoms with van der Waals surface area (Å²) < 4.78 is 0. The normalized spacial score (nSPS) is 24.0. The maximum Gasteiger partial charge on any atom is 0.0145 e. The Bertz CT molecular complexity index is 223. The van der Waals surface area contributed by atoms with E-state index in [1.807, 2.05) is 13.1 Å². The molecule has 0 aliphatic heterocycles. The third kappa shape index (κ3) is 1.86. The third-order valence-corrected chi connectivity index (χ3v) is 2.37. The first-order chi connectivity index (χ1) is 5.81. The predicted octanol–water partition coefficient (Wildman–Crippen LogP) is 2.43. The minimum atomic E-state index is 0.615. The van der Waals surface area contributed by atoms with Gasteiger partial charge in [0.1, 0.15) is 0 Å². The van der Waals surface area contributed by atoms with E-state index in [0.717, 1.165) is 12.8 Å². The largest absolute Gasteiger partial charge is 0.316 e. The van der Waals surface area contributed by atoms with Crippen molar-refractivity contribution in [3.05, 3.63) is 36.0 Å². The second-order valence-corrected chi connectivity index (χ2v) is 3.15. The van der Waals surface area contributed by atoms with Gasteiger partial charge in [0.2, 0.25) is 0 Å². The van der Waals surface area contributed by atoms with Gasteiger partial charge in [0.05, 0.1) is 0 Å². The van der Waals surface area contributed by atoms with Crippen LogP contribution in [-0.2, 0) is 0 Å². The second-order valence-electron chi connectivity index (χ2n) is 3.15. The van der Waals surface area contributed by atoms with Crippen molar-refractivity contribution in [1.82, 2.24) is 5.32 Å². The molecule has 0 saturated heterocycles. The summed E-state index contributed by atoms with van der Waals surface area (Å²) in [5, 5.41) is 3.29. The van der Waals surface area contributed by atoms with E-state index in [9.17, 15) is 0 Å². The molecule has 0 aromatic heterocycles. The number of rotatable bonds is 3. The highest BCUT2D eigenvalue weighted by Gasteiger charge is 2.18. The van der Waals surface area contributed by atoms with E-state index >= 15 is 0 Å². The van der Waals surface area contributed by atoms with Crippen molar-refractivity contribution < 1.29 is 0 Å². The lowest BCUT2D eigenvalue weighted by Gasteiger charge is -2.06. The molecule has 1 N–H and O–H groups in total. The molecule has 0 aromatic carbocycles. The van der Waals surface area contributed by atoms with E-state index in [-0.39, 0.29) is 0 Å². The van der Waals surface area contributed by atoms with Crippen molar-refractivity contribution in [1.29, 1.82) is 0 Å². The molecule has 0 spiro atoms. The molecule has 1 atom stereocenters. The van der Waals surface area contributed by atoms with Gasteiger partial charge >= 0.3 is 0 Å². The van der Waals surface area contributed by atoms with Gasteiger partial charge in [-0.3, -0.25) is 0 Å². The molecule has 1 nitrogen and oxygen atoms in total. The first kappa shape index (κ1) is 9.27. The fraction of sp³-hybridized carbons (Fsp3) is 0.455. The molecule has 0 fully saturated rings. The van der Waals surface area contributed by atoms with Gasteiger partial charge in [0.25, 0.3) is 0 Å². The van der Waals surface area contributed by atoms with Crippen LogP contribution >= 0.6 is 0 Å². The van der Waals surface area contributed by atoms with Gasteiger partial charge in [-0.25, -0.2) is 0 Å². The highest BCUT2D eigenvalue weighted by Crippen LogP contribution is 2.27. The van der Waals surface area contributed by atoms with Crippen molar-refractivity contribution in [3.63, 3.8) is 0 Å². The molecule has 0 bridgehead atoms. The summed E-state index contributed by atoms with van der Waals surface area (Å²) in [6.07, 6.45) is 8.53. The molecule has 0 amide bonds. The topological polar surface area (TPSA) is 12.0 Å². The molecule has 0 radical (unpaired) electrons. The van der Waals surface area contributed by atoms with Gasteiger partial charge < -0.3 is 5.32 Å². The Morgan fingerprint density at radius 1 is 1.42 bits per heavy atom. The summed E-state index contributed by atoms with van der Waals surface area (Å²) in [5.41, 5.74) is 2.83. The average molecular weight is 163 g/mol. The van der Waals surface area contributed by atoms with Gasteiger partial charge in [-0.1, -0.05) is 24.8 Å². The average Bonchev–Trinajstić information content (AvgIpc) is 2.48. The standard InChI is InChI=1S/C11H17N/c1-4-6-10-8-11(12-3)7-9(10)5-2/h4-6,11-12H,2,7-8H2,1,3H3/b6-4-. The van der Waals surface area contributed by atoms with Crippen LogP contribution in [0.4, 0.5) is 0 Å². The smallest absolute Gasteiger partial charge is 0.0145 e. The predicted molar refractivity (Wildman–Crippen MR) is 54.1 cm³/mol. The zero-order valence-corrected chi connectivity index (χ0v) is 7.93. The molecule has 1 heteroatoms. The number of hydrogen-bond donors (Lipinski definition) is 1. The van der Waals surface area contributed by atoms with Gasteiger partial charge in [0, 0.05) is 6.04 Å². The summed E-state index contributed by atoms with van der Waals surface area (Å²) in [7, 11) is 2.02. The fourth-order valence-corrected chi connectivity index (χ4v) is 1.66. The van der Waals surface area contributed by atoms with Crippen LogP contribution in [0.2, 0.25) is 0 Å². The van der Waals surface area contributed by atoms with Crippen LogP contribution in [0.25, 0.3) is 0 Å². The fourth-order valence-electron chi connectivity index (χ4n) is 1.66. The van der Waals surface area contributed by atoms with Crippen molar-refractivity contribution in [2.45, 2.75) is 25.8 Å². The molecule has 1 rings (SSSR count). The summed E-state index contributed by atoms with van der Waals surface area (Å²) in [4.78, 5) is 0. The Hall–Kier alpha value is -0.820. The quantitative estimate of drug-likeness (QED) is 0.673. The first-order valence-corrected chi connectivity index (χ1v) is 4.46. The summed E-state index contributed by atoms with van der Waals surface area (Å²) in [6.45, 7) is 5.88. The molecule has 0 saturated carbocycles. The SMILES string of the molecule is C=CC1=C(/C=C\C)CC(NC)C1. The highest BCUT2D eigenvalue weighted by atomic mass is 14.9. The maximum absolute atomic E-state index is 3.82. The highest BCUT2D eigenvalue weighted by molar-refractivity contribution is 5.37. The van der Waals surface area contributed by atoms with Crippen molar-refractivity contribution in [2.24, 2.45) is 0 Å². The molecule has 66 valence electrons. The van der Waals surface area contributed by atoms with Crippen LogP contribution in [0.5, 0.6) is 0 Å². The molecule has 0 heterocycles. The van der Waals surface area contributed by atoms with Crippen LogP contribution in [0.1, 0.15) is 19.8 Å². The monoisotopic (exact) mass is 163 g/mol. The van der Waals surface area contributed by atoms with Crippen molar-refractivity contribution in [3.8, 4) is 0 Å². The van der Waals surface area contributed by atoms with E-state index in [1.165, 1.54) is 11.1 Å². The van der Waals surface area contributed by atoms with Crippen LogP contribution in [0, 0.1) is 0 Å². The molecule has 0 aromatic rings.